The molecule has 2 fully saturated rings. The van der Waals surface area contributed by atoms with Gasteiger partial charge in [-0.1, -0.05) is 88.9 Å². The number of ether oxygens (including phenoxy) is 4. The summed E-state index contributed by atoms with van der Waals surface area (Å²) in [4.78, 5) is 0. The maximum Gasteiger partial charge on any atom is 0.184 e. The van der Waals surface area contributed by atoms with Gasteiger partial charge in [0, 0.05) is 5.56 Å². The van der Waals surface area contributed by atoms with Crippen LogP contribution in [0.4, 0.5) is 0 Å². The van der Waals surface area contributed by atoms with Crippen molar-refractivity contribution in [3.63, 3.8) is 0 Å². The fourth-order valence-electron chi connectivity index (χ4n) is 4.98. The number of fused-ring (bicyclic) bond motifs is 1. The van der Waals surface area contributed by atoms with E-state index in [1.807, 2.05) is 25.1 Å². The Kier molecular flexibility index (Phi) is 11.6. The number of rotatable bonds is 12. The molecule has 0 aliphatic carbocycles. The molecule has 2 N–H and O–H groups in total. The average Bonchev–Trinajstić information content (AvgIpc) is 2.90. The summed E-state index contributed by atoms with van der Waals surface area (Å²) in [6, 6.07) is 8.32. The first kappa shape index (κ1) is 29.0. The highest BCUT2D eigenvalue weighted by Gasteiger charge is 2.51. The van der Waals surface area contributed by atoms with Gasteiger partial charge in [0.05, 0.1) is 12.7 Å². The van der Waals surface area contributed by atoms with Gasteiger partial charge in [0.2, 0.25) is 0 Å². The molecular weight excluding hydrogens is 456 g/mol. The lowest BCUT2D eigenvalue weighted by molar-refractivity contribution is -0.382. The summed E-state index contributed by atoms with van der Waals surface area (Å²) in [5.74, 6) is 0. The number of hydrogen-bond acceptors (Lipinski definition) is 6. The van der Waals surface area contributed by atoms with Crippen molar-refractivity contribution in [2.24, 2.45) is 0 Å². The molecule has 202 valence electrons. The van der Waals surface area contributed by atoms with Crippen LogP contribution in [0.15, 0.2) is 47.6 Å². The van der Waals surface area contributed by atoms with E-state index in [0.717, 1.165) is 56.1 Å². The van der Waals surface area contributed by atoms with Gasteiger partial charge in [-0.3, -0.25) is 0 Å². The standard InChI is InChI=1S/C30H46O6/c1-6-10-21(9-4)14-13-20(5)29-34-26(24(32)19-31)28-27(35-29)25(12-8-3)33-30(36-28)23-17-15-22(11-7-2)16-18-23/h13-18,24-32H,6-12,19H2,1-5H3/b20-13+,21-14+. The van der Waals surface area contributed by atoms with Crippen molar-refractivity contribution in [1.82, 2.24) is 0 Å². The number of aliphatic hydroxyl groups excluding tert-OH is 2. The third kappa shape index (κ3) is 7.27. The highest BCUT2D eigenvalue weighted by atomic mass is 16.8. The van der Waals surface area contributed by atoms with Crippen molar-refractivity contribution in [3.8, 4) is 0 Å². The number of aryl methyl sites for hydroxylation is 1. The van der Waals surface area contributed by atoms with Gasteiger partial charge in [0.25, 0.3) is 0 Å². The van der Waals surface area contributed by atoms with E-state index in [1.54, 1.807) is 0 Å². The van der Waals surface area contributed by atoms with E-state index in [1.165, 1.54) is 11.1 Å². The second kappa shape index (κ2) is 14.4. The maximum absolute atomic E-state index is 10.7. The zero-order valence-corrected chi connectivity index (χ0v) is 22.7. The predicted molar refractivity (Wildman–Crippen MR) is 141 cm³/mol. The van der Waals surface area contributed by atoms with Gasteiger partial charge in [-0.05, 0) is 43.7 Å². The third-order valence-corrected chi connectivity index (χ3v) is 7.06. The number of hydrogen-bond donors (Lipinski definition) is 2. The molecule has 2 aliphatic rings. The Hall–Kier alpha value is -1.54. The first-order valence-electron chi connectivity index (χ1n) is 13.8. The van der Waals surface area contributed by atoms with Crippen molar-refractivity contribution in [1.29, 1.82) is 0 Å². The fourth-order valence-corrected chi connectivity index (χ4v) is 4.98. The molecule has 2 aliphatic heterocycles. The largest absolute Gasteiger partial charge is 0.394 e. The Bertz CT molecular complexity index is 848. The zero-order chi connectivity index (χ0) is 26.1. The third-order valence-electron chi connectivity index (χ3n) is 7.06. The molecule has 6 heteroatoms. The van der Waals surface area contributed by atoms with Crippen molar-refractivity contribution in [3.05, 3.63) is 58.7 Å². The lowest BCUT2D eigenvalue weighted by atomic mass is 9.93. The fraction of sp³-hybridized carbons (Fsp3) is 0.667. The zero-order valence-electron chi connectivity index (χ0n) is 22.7. The topological polar surface area (TPSA) is 77.4 Å². The summed E-state index contributed by atoms with van der Waals surface area (Å²) in [6.45, 7) is 10.2. The van der Waals surface area contributed by atoms with Crippen LogP contribution in [0.25, 0.3) is 0 Å². The summed E-state index contributed by atoms with van der Waals surface area (Å²) in [5.41, 5.74) is 4.49. The Morgan fingerprint density at radius 3 is 2.28 bits per heavy atom. The summed E-state index contributed by atoms with van der Waals surface area (Å²) in [6.07, 6.45) is 6.93. The SMILES string of the molecule is CCC/C(=C/C=C(\C)C1OC(C(O)CO)C2OC(c3ccc(CCC)cc3)OC(CCC)C2O1)CC. The van der Waals surface area contributed by atoms with Gasteiger partial charge in [-0.15, -0.1) is 0 Å². The Morgan fingerprint density at radius 2 is 1.67 bits per heavy atom. The smallest absolute Gasteiger partial charge is 0.184 e. The molecule has 0 bridgehead atoms. The van der Waals surface area contributed by atoms with Crippen LogP contribution in [0.3, 0.4) is 0 Å². The maximum atomic E-state index is 10.7. The van der Waals surface area contributed by atoms with Crippen LogP contribution < -0.4 is 0 Å². The van der Waals surface area contributed by atoms with Crippen LogP contribution in [0, 0.1) is 0 Å². The van der Waals surface area contributed by atoms with Crippen LogP contribution in [-0.2, 0) is 25.4 Å². The van der Waals surface area contributed by atoms with Crippen LogP contribution in [-0.4, -0.2) is 53.6 Å². The molecule has 0 amide bonds. The molecule has 1 aromatic rings. The van der Waals surface area contributed by atoms with Crippen LogP contribution in [0.5, 0.6) is 0 Å². The molecule has 36 heavy (non-hydrogen) atoms. The molecule has 7 unspecified atom stereocenters. The average molecular weight is 503 g/mol. The van der Waals surface area contributed by atoms with E-state index in [0.29, 0.717) is 0 Å². The highest BCUT2D eigenvalue weighted by Crippen LogP contribution is 2.40. The molecule has 0 aromatic heterocycles. The Morgan fingerprint density at radius 1 is 0.917 bits per heavy atom. The Labute approximate surface area is 217 Å². The van der Waals surface area contributed by atoms with Crippen LogP contribution >= 0.6 is 0 Å². The molecule has 3 rings (SSSR count). The van der Waals surface area contributed by atoms with Crippen molar-refractivity contribution >= 4 is 0 Å². The molecule has 6 nitrogen and oxygen atoms in total. The molecule has 0 saturated carbocycles. The van der Waals surface area contributed by atoms with Gasteiger partial charge in [-0.2, -0.15) is 0 Å². The van der Waals surface area contributed by atoms with E-state index >= 15 is 0 Å². The van der Waals surface area contributed by atoms with Crippen molar-refractivity contribution in [2.75, 3.05) is 6.61 Å². The van der Waals surface area contributed by atoms with Gasteiger partial charge < -0.3 is 29.2 Å². The van der Waals surface area contributed by atoms with E-state index in [9.17, 15) is 10.2 Å². The normalized spacial score (nSPS) is 30.2. The number of aliphatic hydroxyl groups is 2. The minimum atomic E-state index is -1.09. The van der Waals surface area contributed by atoms with E-state index < -0.39 is 43.6 Å². The van der Waals surface area contributed by atoms with Crippen LogP contribution in [0.2, 0.25) is 0 Å². The first-order chi connectivity index (χ1) is 17.4. The summed E-state index contributed by atoms with van der Waals surface area (Å²) >= 11 is 0. The van der Waals surface area contributed by atoms with E-state index in [-0.39, 0.29) is 6.10 Å². The van der Waals surface area contributed by atoms with Crippen molar-refractivity contribution in [2.45, 2.75) is 123 Å². The highest BCUT2D eigenvalue weighted by molar-refractivity contribution is 5.24. The van der Waals surface area contributed by atoms with Gasteiger partial charge in [0.1, 0.15) is 24.4 Å². The first-order valence-corrected chi connectivity index (χ1v) is 13.8. The Balaban J connectivity index is 1.86. The molecule has 0 spiro atoms. The molecule has 7 atom stereocenters. The van der Waals surface area contributed by atoms with Gasteiger partial charge in [-0.25, -0.2) is 0 Å². The van der Waals surface area contributed by atoms with Gasteiger partial charge >= 0.3 is 0 Å². The summed E-state index contributed by atoms with van der Waals surface area (Å²) < 4.78 is 25.5. The second-order valence-electron chi connectivity index (χ2n) is 10.0. The van der Waals surface area contributed by atoms with E-state index in [2.05, 4.69) is 45.9 Å². The summed E-state index contributed by atoms with van der Waals surface area (Å²) in [7, 11) is 0. The lowest BCUT2D eigenvalue weighted by Gasteiger charge is -2.50. The van der Waals surface area contributed by atoms with Crippen LogP contribution in [0.1, 0.15) is 90.6 Å². The molecule has 0 radical (unpaired) electrons. The van der Waals surface area contributed by atoms with E-state index in [4.69, 9.17) is 18.9 Å². The van der Waals surface area contributed by atoms with Crippen molar-refractivity contribution < 1.29 is 29.2 Å². The number of benzene rings is 1. The monoisotopic (exact) mass is 502 g/mol. The number of allylic oxidation sites excluding steroid dienone is 3. The lowest BCUT2D eigenvalue weighted by Crippen LogP contribution is -2.63. The minimum absolute atomic E-state index is 0.219. The molecule has 1 aromatic carbocycles. The molecule has 2 saturated heterocycles. The minimum Gasteiger partial charge on any atom is -0.394 e. The second-order valence-corrected chi connectivity index (χ2v) is 10.0. The summed E-state index contributed by atoms with van der Waals surface area (Å²) in [5, 5.41) is 20.6. The van der Waals surface area contributed by atoms with Gasteiger partial charge in [0.15, 0.2) is 12.6 Å². The quantitative estimate of drug-likeness (QED) is 0.354. The molecular formula is C30H46O6. The predicted octanol–water partition coefficient (Wildman–Crippen LogP) is 5.77. The molecule has 2 heterocycles.